The molecule has 0 saturated carbocycles. The van der Waals surface area contributed by atoms with Gasteiger partial charge in [0.2, 0.25) is 0 Å². The molecule has 8 heteroatoms. The van der Waals surface area contributed by atoms with Gasteiger partial charge in [-0.1, -0.05) is 11.6 Å². The van der Waals surface area contributed by atoms with Crippen molar-refractivity contribution in [3.8, 4) is 10.6 Å². The molecule has 0 atom stereocenters. The molecule has 0 aliphatic carbocycles. The zero-order chi connectivity index (χ0) is 15.7. The summed E-state index contributed by atoms with van der Waals surface area (Å²) in [6.07, 6.45) is 1.62. The number of aromatic nitrogens is 3. The number of nitrogens with one attached hydrogen (secondary N) is 1. The zero-order valence-electron chi connectivity index (χ0n) is 11.9. The van der Waals surface area contributed by atoms with Crippen molar-refractivity contribution in [2.45, 2.75) is 19.9 Å². The summed E-state index contributed by atoms with van der Waals surface area (Å²) in [7, 11) is 0. The van der Waals surface area contributed by atoms with Crippen molar-refractivity contribution in [1.82, 2.24) is 14.8 Å². The van der Waals surface area contributed by atoms with Crippen LogP contribution < -0.4 is 5.32 Å². The molecule has 3 aromatic rings. The number of hydrogen-bond acceptors (Lipinski definition) is 5. The van der Waals surface area contributed by atoms with Crippen LogP contribution in [0.4, 0.5) is 5.13 Å². The summed E-state index contributed by atoms with van der Waals surface area (Å²) >= 11 is 8.78. The van der Waals surface area contributed by atoms with Crippen LogP contribution in [0.1, 0.15) is 30.4 Å². The molecule has 3 aromatic heterocycles. The van der Waals surface area contributed by atoms with E-state index in [0.29, 0.717) is 10.8 Å². The highest BCUT2D eigenvalue weighted by Crippen LogP contribution is 2.32. The van der Waals surface area contributed by atoms with Gasteiger partial charge in [-0.05, 0) is 32.0 Å². The number of carbonyl (C=O) groups excluding carboxylic acids is 1. The Kier molecular flexibility index (Phi) is 4.28. The summed E-state index contributed by atoms with van der Waals surface area (Å²) in [4.78, 5) is 17.7. The van der Waals surface area contributed by atoms with Crippen LogP contribution in [0.3, 0.4) is 0 Å². The van der Waals surface area contributed by atoms with Gasteiger partial charge in [0.05, 0.1) is 14.9 Å². The third-order valence-electron chi connectivity index (χ3n) is 2.94. The molecule has 0 aliphatic rings. The average Bonchev–Trinajstić information content (AvgIpc) is 3.16. The first-order valence-corrected chi connectivity index (χ1v) is 8.68. The number of carbonyl (C=O) groups is 1. The topological polar surface area (TPSA) is 59.8 Å². The highest BCUT2D eigenvalue weighted by Gasteiger charge is 2.16. The first kappa shape index (κ1) is 15.2. The number of halogens is 1. The molecule has 0 bridgehead atoms. The molecule has 0 unspecified atom stereocenters. The van der Waals surface area contributed by atoms with Crippen molar-refractivity contribution < 1.29 is 4.79 Å². The molecule has 0 radical (unpaired) electrons. The number of nitrogens with zero attached hydrogens (tertiary/aromatic N) is 3. The second-order valence-corrected chi connectivity index (χ2v) is 7.42. The highest BCUT2D eigenvalue weighted by molar-refractivity contribution is 7.20. The minimum atomic E-state index is -0.212. The molecule has 1 N–H and O–H groups in total. The van der Waals surface area contributed by atoms with Gasteiger partial charge in [-0.2, -0.15) is 5.10 Å². The number of amides is 1. The number of anilines is 1. The van der Waals surface area contributed by atoms with E-state index in [1.165, 1.54) is 22.7 Å². The van der Waals surface area contributed by atoms with Crippen LogP contribution in [0.2, 0.25) is 4.34 Å². The molecule has 0 spiro atoms. The van der Waals surface area contributed by atoms with Crippen molar-refractivity contribution in [1.29, 1.82) is 0 Å². The summed E-state index contributed by atoms with van der Waals surface area (Å²) < 4.78 is 2.40. The standard InChI is InChI=1S/C14H13ClN4OS2/c1-8(2)19-10(5-6-16-19)13(20)18-14-17-9(7-21-14)11-3-4-12(15)22-11/h3-8H,1-2H3,(H,17,18,20). The fourth-order valence-corrected chi connectivity index (χ4v) is 3.75. The summed E-state index contributed by atoms with van der Waals surface area (Å²) in [5.41, 5.74) is 1.33. The smallest absolute Gasteiger partial charge is 0.275 e. The largest absolute Gasteiger partial charge is 0.296 e. The molecule has 3 heterocycles. The summed E-state index contributed by atoms with van der Waals surface area (Å²) in [5, 5.41) is 9.43. The maximum absolute atomic E-state index is 12.3. The van der Waals surface area contributed by atoms with E-state index in [2.05, 4.69) is 15.4 Å². The van der Waals surface area contributed by atoms with Gasteiger partial charge in [0.15, 0.2) is 5.13 Å². The van der Waals surface area contributed by atoms with Gasteiger partial charge >= 0.3 is 0 Å². The normalized spacial score (nSPS) is 11.1. The lowest BCUT2D eigenvalue weighted by Gasteiger charge is -2.09. The second-order valence-electron chi connectivity index (χ2n) is 4.85. The van der Waals surface area contributed by atoms with Gasteiger partial charge in [-0.25, -0.2) is 4.98 Å². The maximum Gasteiger partial charge on any atom is 0.275 e. The fraction of sp³-hybridized carbons (Fsp3) is 0.214. The third-order valence-corrected chi connectivity index (χ3v) is 4.95. The lowest BCUT2D eigenvalue weighted by Crippen LogP contribution is -2.18. The number of thiophene rings is 1. The van der Waals surface area contributed by atoms with E-state index in [-0.39, 0.29) is 11.9 Å². The van der Waals surface area contributed by atoms with Crippen LogP contribution in [-0.2, 0) is 0 Å². The molecule has 0 fully saturated rings. The van der Waals surface area contributed by atoms with Crippen molar-refractivity contribution in [2.24, 2.45) is 0 Å². The highest BCUT2D eigenvalue weighted by atomic mass is 35.5. The van der Waals surface area contributed by atoms with Gasteiger partial charge in [0, 0.05) is 17.6 Å². The van der Waals surface area contributed by atoms with E-state index in [1.807, 2.05) is 31.4 Å². The fourth-order valence-electron chi connectivity index (χ4n) is 1.96. The SMILES string of the molecule is CC(C)n1nccc1C(=O)Nc1nc(-c2ccc(Cl)s2)cs1. The van der Waals surface area contributed by atoms with Crippen LogP contribution in [-0.4, -0.2) is 20.7 Å². The molecule has 0 saturated heterocycles. The van der Waals surface area contributed by atoms with Crippen LogP contribution in [0.25, 0.3) is 10.6 Å². The van der Waals surface area contributed by atoms with Gasteiger partial charge in [-0.3, -0.25) is 14.8 Å². The number of rotatable bonds is 4. The third kappa shape index (κ3) is 3.06. The Morgan fingerprint density at radius 2 is 2.18 bits per heavy atom. The lowest BCUT2D eigenvalue weighted by molar-refractivity contribution is 0.101. The zero-order valence-corrected chi connectivity index (χ0v) is 14.3. The second kappa shape index (κ2) is 6.20. The minimum absolute atomic E-state index is 0.121. The lowest BCUT2D eigenvalue weighted by atomic mass is 10.3. The Morgan fingerprint density at radius 1 is 1.36 bits per heavy atom. The van der Waals surface area contributed by atoms with Crippen LogP contribution in [0.15, 0.2) is 29.8 Å². The van der Waals surface area contributed by atoms with Gasteiger partial charge < -0.3 is 0 Å². The minimum Gasteiger partial charge on any atom is -0.296 e. The Balaban J connectivity index is 1.77. The Labute approximate surface area is 140 Å². The van der Waals surface area contributed by atoms with Crippen molar-refractivity contribution in [3.05, 3.63) is 39.8 Å². The van der Waals surface area contributed by atoms with Crippen molar-refractivity contribution in [3.63, 3.8) is 0 Å². The van der Waals surface area contributed by atoms with E-state index in [4.69, 9.17) is 11.6 Å². The van der Waals surface area contributed by atoms with E-state index >= 15 is 0 Å². The predicted octanol–water partition coefficient (Wildman–Crippen LogP) is 4.55. The first-order chi connectivity index (χ1) is 10.5. The first-order valence-electron chi connectivity index (χ1n) is 6.60. The van der Waals surface area contributed by atoms with E-state index < -0.39 is 0 Å². The Bertz CT molecular complexity index is 805. The molecule has 0 aromatic carbocycles. The quantitative estimate of drug-likeness (QED) is 0.749. The van der Waals surface area contributed by atoms with Gasteiger partial charge in [0.1, 0.15) is 5.69 Å². The average molecular weight is 353 g/mol. The van der Waals surface area contributed by atoms with E-state index in [0.717, 1.165) is 14.9 Å². The van der Waals surface area contributed by atoms with Crippen molar-refractivity contribution >= 4 is 45.3 Å². The molecule has 114 valence electrons. The van der Waals surface area contributed by atoms with Crippen LogP contribution in [0.5, 0.6) is 0 Å². The summed E-state index contributed by atoms with van der Waals surface area (Å²) in [6, 6.07) is 5.57. The predicted molar refractivity (Wildman–Crippen MR) is 91.0 cm³/mol. The molecular formula is C14H13ClN4OS2. The molecule has 5 nitrogen and oxygen atoms in total. The van der Waals surface area contributed by atoms with Gasteiger partial charge in [-0.15, -0.1) is 22.7 Å². The van der Waals surface area contributed by atoms with E-state index in [9.17, 15) is 4.79 Å². The monoisotopic (exact) mass is 352 g/mol. The molecule has 0 aliphatic heterocycles. The number of thiazole rings is 1. The molecule has 3 rings (SSSR count). The maximum atomic E-state index is 12.3. The Hall–Kier alpha value is -1.70. The summed E-state index contributed by atoms with van der Waals surface area (Å²) in [6.45, 7) is 3.96. The van der Waals surface area contributed by atoms with E-state index in [1.54, 1.807) is 16.9 Å². The molecule has 22 heavy (non-hydrogen) atoms. The number of hydrogen-bond donors (Lipinski definition) is 1. The van der Waals surface area contributed by atoms with Crippen LogP contribution >= 0.6 is 34.3 Å². The summed E-state index contributed by atoms with van der Waals surface area (Å²) in [5.74, 6) is -0.212. The van der Waals surface area contributed by atoms with Crippen LogP contribution in [0, 0.1) is 0 Å². The van der Waals surface area contributed by atoms with Crippen molar-refractivity contribution in [2.75, 3.05) is 5.32 Å². The van der Waals surface area contributed by atoms with Gasteiger partial charge in [0.25, 0.3) is 5.91 Å². The molecular weight excluding hydrogens is 340 g/mol. The Morgan fingerprint density at radius 3 is 2.86 bits per heavy atom. The molecule has 1 amide bonds.